The highest BCUT2D eigenvalue weighted by Gasteiger charge is 2.14. The summed E-state index contributed by atoms with van der Waals surface area (Å²) in [6.07, 6.45) is 5.35. The molecule has 0 amide bonds. The lowest BCUT2D eigenvalue weighted by Gasteiger charge is -2.22. The van der Waals surface area contributed by atoms with E-state index in [1.807, 2.05) is 6.20 Å². The summed E-state index contributed by atoms with van der Waals surface area (Å²) in [5.74, 6) is 0. The molecular formula is C17H19N2P. The lowest BCUT2D eigenvalue weighted by atomic mass is 10.4. The van der Waals surface area contributed by atoms with Gasteiger partial charge in [-0.2, -0.15) is 0 Å². The number of nitrogens with one attached hydrogen (secondary N) is 1. The molecule has 0 aromatic heterocycles. The molecule has 2 aromatic rings. The summed E-state index contributed by atoms with van der Waals surface area (Å²) in [7, 11) is -0.270. The molecule has 102 valence electrons. The van der Waals surface area contributed by atoms with Gasteiger partial charge in [0.1, 0.15) is 0 Å². The molecule has 1 heterocycles. The zero-order valence-electron chi connectivity index (χ0n) is 11.4. The van der Waals surface area contributed by atoms with Crippen LogP contribution in [0.5, 0.6) is 0 Å². The van der Waals surface area contributed by atoms with Crippen LogP contribution in [0.3, 0.4) is 0 Å². The van der Waals surface area contributed by atoms with Crippen LogP contribution in [-0.2, 0) is 0 Å². The van der Waals surface area contributed by atoms with E-state index < -0.39 is 0 Å². The van der Waals surface area contributed by atoms with Gasteiger partial charge < -0.3 is 10.2 Å². The van der Waals surface area contributed by atoms with E-state index >= 15 is 0 Å². The monoisotopic (exact) mass is 282 g/mol. The standard InChI is InChI=1S/C17H19N2P/c1-3-7-16(8-4-1)20(17-9-5-2-6-10-17)14-13-19-12-11-18-15-19/h1-12,18H,13-15H2. The number of nitrogens with zero attached hydrogens (tertiary/aromatic N) is 1. The van der Waals surface area contributed by atoms with Crippen LogP contribution < -0.4 is 15.9 Å². The van der Waals surface area contributed by atoms with Crippen LogP contribution in [0.15, 0.2) is 73.1 Å². The second-order valence-electron chi connectivity index (χ2n) is 4.81. The highest BCUT2D eigenvalue weighted by molar-refractivity contribution is 7.73. The fraction of sp³-hybridized carbons (Fsp3) is 0.176. The van der Waals surface area contributed by atoms with Gasteiger partial charge in [0.05, 0.1) is 6.67 Å². The van der Waals surface area contributed by atoms with Crippen molar-refractivity contribution in [2.45, 2.75) is 0 Å². The average Bonchev–Trinajstić information content (AvgIpc) is 3.03. The van der Waals surface area contributed by atoms with Crippen LogP contribution in [0, 0.1) is 0 Å². The highest BCUT2D eigenvalue weighted by Crippen LogP contribution is 2.33. The molecule has 3 rings (SSSR count). The fourth-order valence-electron chi connectivity index (χ4n) is 2.39. The van der Waals surface area contributed by atoms with Crippen molar-refractivity contribution < 1.29 is 0 Å². The lowest BCUT2D eigenvalue weighted by Crippen LogP contribution is -2.26. The summed E-state index contributed by atoms with van der Waals surface area (Å²) in [5.41, 5.74) is 0. The van der Waals surface area contributed by atoms with Gasteiger partial charge in [0, 0.05) is 18.9 Å². The number of hydrogen-bond donors (Lipinski definition) is 1. The fourth-order valence-corrected chi connectivity index (χ4v) is 4.72. The molecular weight excluding hydrogens is 263 g/mol. The van der Waals surface area contributed by atoms with Gasteiger partial charge in [-0.25, -0.2) is 0 Å². The highest BCUT2D eigenvalue weighted by atomic mass is 31.1. The van der Waals surface area contributed by atoms with Crippen molar-refractivity contribution in [3.8, 4) is 0 Å². The van der Waals surface area contributed by atoms with E-state index in [4.69, 9.17) is 0 Å². The first-order valence-electron chi connectivity index (χ1n) is 6.95. The topological polar surface area (TPSA) is 15.3 Å². The van der Waals surface area contributed by atoms with Gasteiger partial charge in [0.15, 0.2) is 0 Å². The molecule has 0 saturated heterocycles. The number of hydrogen-bond acceptors (Lipinski definition) is 2. The zero-order valence-corrected chi connectivity index (χ0v) is 12.3. The molecule has 0 bridgehead atoms. The maximum Gasteiger partial charge on any atom is 0.0867 e. The first-order chi connectivity index (χ1) is 9.93. The van der Waals surface area contributed by atoms with E-state index in [2.05, 4.69) is 77.1 Å². The molecule has 2 nitrogen and oxygen atoms in total. The maximum atomic E-state index is 3.23. The summed E-state index contributed by atoms with van der Waals surface area (Å²) in [6, 6.07) is 21.8. The van der Waals surface area contributed by atoms with Gasteiger partial charge in [-0.05, 0) is 24.7 Å². The molecule has 0 unspecified atom stereocenters. The van der Waals surface area contributed by atoms with Crippen molar-refractivity contribution in [1.82, 2.24) is 10.2 Å². The average molecular weight is 282 g/mol. The Balaban J connectivity index is 1.78. The van der Waals surface area contributed by atoms with Gasteiger partial charge in [-0.1, -0.05) is 60.7 Å². The Morgan fingerprint density at radius 2 is 1.50 bits per heavy atom. The van der Waals surface area contributed by atoms with Crippen LogP contribution in [0.4, 0.5) is 0 Å². The Hall–Kier alpha value is -1.79. The summed E-state index contributed by atoms with van der Waals surface area (Å²) in [4.78, 5) is 2.33. The van der Waals surface area contributed by atoms with E-state index in [9.17, 15) is 0 Å². The van der Waals surface area contributed by atoms with E-state index in [1.54, 1.807) is 0 Å². The summed E-state index contributed by atoms with van der Waals surface area (Å²) in [5, 5.41) is 6.15. The minimum atomic E-state index is -0.270. The molecule has 0 atom stereocenters. The van der Waals surface area contributed by atoms with E-state index in [0.717, 1.165) is 13.2 Å². The summed E-state index contributed by atoms with van der Waals surface area (Å²) < 4.78 is 0. The molecule has 0 fully saturated rings. The Morgan fingerprint density at radius 1 is 0.900 bits per heavy atom. The van der Waals surface area contributed by atoms with Crippen molar-refractivity contribution in [2.75, 3.05) is 19.4 Å². The normalized spacial score (nSPS) is 13.8. The quantitative estimate of drug-likeness (QED) is 0.848. The Kier molecular flexibility index (Phi) is 4.35. The van der Waals surface area contributed by atoms with Crippen molar-refractivity contribution in [2.24, 2.45) is 0 Å². The molecule has 2 aromatic carbocycles. The molecule has 1 N–H and O–H groups in total. The molecule has 3 heteroatoms. The van der Waals surface area contributed by atoms with E-state index in [1.165, 1.54) is 16.8 Å². The van der Waals surface area contributed by atoms with Crippen LogP contribution >= 0.6 is 7.92 Å². The van der Waals surface area contributed by atoms with Crippen LogP contribution in [0.1, 0.15) is 0 Å². The van der Waals surface area contributed by atoms with E-state index in [-0.39, 0.29) is 7.92 Å². The predicted molar refractivity (Wildman–Crippen MR) is 87.8 cm³/mol. The molecule has 0 spiro atoms. The first kappa shape index (κ1) is 13.2. The molecule has 0 aliphatic carbocycles. The van der Waals surface area contributed by atoms with Gasteiger partial charge in [-0.15, -0.1) is 0 Å². The first-order valence-corrected chi connectivity index (χ1v) is 8.48. The molecule has 20 heavy (non-hydrogen) atoms. The van der Waals surface area contributed by atoms with Crippen LogP contribution in [-0.4, -0.2) is 24.3 Å². The number of benzene rings is 2. The minimum Gasteiger partial charge on any atom is -0.373 e. The Bertz CT molecular complexity index is 514. The molecule has 1 aliphatic rings. The smallest absolute Gasteiger partial charge is 0.0867 e. The minimum absolute atomic E-state index is 0.270. The van der Waals surface area contributed by atoms with Gasteiger partial charge in [0.2, 0.25) is 0 Å². The Labute approximate surface area is 121 Å². The van der Waals surface area contributed by atoms with Crippen molar-refractivity contribution in [3.63, 3.8) is 0 Å². The third-order valence-corrected chi connectivity index (χ3v) is 5.93. The Morgan fingerprint density at radius 3 is 2.00 bits per heavy atom. The third-order valence-electron chi connectivity index (χ3n) is 3.44. The third kappa shape index (κ3) is 3.20. The maximum absolute atomic E-state index is 3.23. The number of rotatable bonds is 5. The second-order valence-corrected chi connectivity index (χ2v) is 7.15. The summed E-state index contributed by atoms with van der Waals surface area (Å²) in [6.45, 7) is 2.03. The van der Waals surface area contributed by atoms with Crippen LogP contribution in [0.25, 0.3) is 0 Å². The lowest BCUT2D eigenvalue weighted by molar-refractivity contribution is 0.415. The van der Waals surface area contributed by atoms with Gasteiger partial charge in [0.25, 0.3) is 0 Å². The van der Waals surface area contributed by atoms with Crippen molar-refractivity contribution in [3.05, 3.63) is 73.1 Å². The SMILES string of the molecule is C1=CN(CCP(c2ccccc2)c2ccccc2)CN1. The van der Waals surface area contributed by atoms with Crippen molar-refractivity contribution >= 4 is 18.5 Å². The van der Waals surface area contributed by atoms with Gasteiger partial charge >= 0.3 is 0 Å². The largest absolute Gasteiger partial charge is 0.373 e. The van der Waals surface area contributed by atoms with E-state index in [0.29, 0.717) is 0 Å². The molecule has 1 aliphatic heterocycles. The molecule has 0 radical (unpaired) electrons. The van der Waals surface area contributed by atoms with Gasteiger partial charge in [-0.3, -0.25) is 0 Å². The second kappa shape index (κ2) is 6.58. The summed E-state index contributed by atoms with van der Waals surface area (Å²) >= 11 is 0. The predicted octanol–water partition coefficient (Wildman–Crippen LogP) is 2.45. The zero-order chi connectivity index (χ0) is 13.6. The van der Waals surface area contributed by atoms with Crippen molar-refractivity contribution in [1.29, 1.82) is 0 Å². The molecule has 0 saturated carbocycles. The van der Waals surface area contributed by atoms with Crippen LogP contribution in [0.2, 0.25) is 0 Å².